The Hall–Kier alpha value is -0.340. The molecule has 0 N–H and O–H groups in total. The quantitative estimate of drug-likeness (QED) is 0.728. The molecule has 0 atom stereocenters. The Morgan fingerprint density at radius 3 is 2.73 bits per heavy atom. The van der Waals surface area contributed by atoms with Crippen LogP contribution in [0, 0.1) is 0 Å². The van der Waals surface area contributed by atoms with Crippen molar-refractivity contribution in [1.82, 2.24) is 0 Å². The number of thiophene rings is 1. The third kappa shape index (κ3) is 2.11. The molecular formula is C13H15BrS. The molecule has 0 aliphatic carbocycles. The monoisotopic (exact) mass is 282 g/mol. The number of aryl methyl sites for hydroxylation is 2. The van der Waals surface area contributed by atoms with Gasteiger partial charge in [-0.2, -0.15) is 0 Å². The van der Waals surface area contributed by atoms with Gasteiger partial charge in [0.1, 0.15) is 0 Å². The van der Waals surface area contributed by atoms with Crippen LogP contribution in [0.25, 0.3) is 10.1 Å². The first-order valence-electron chi connectivity index (χ1n) is 5.46. The van der Waals surface area contributed by atoms with Crippen molar-refractivity contribution in [3.8, 4) is 0 Å². The second kappa shape index (κ2) is 4.67. The molecular weight excluding hydrogens is 268 g/mol. The number of hydrogen-bond acceptors (Lipinski definition) is 1. The van der Waals surface area contributed by atoms with E-state index in [9.17, 15) is 0 Å². The van der Waals surface area contributed by atoms with Gasteiger partial charge in [0.05, 0.1) is 0 Å². The van der Waals surface area contributed by atoms with E-state index >= 15 is 0 Å². The summed E-state index contributed by atoms with van der Waals surface area (Å²) in [7, 11) is 0. The van der Waals surface area contributed by atoms with E-state index < -0.39 is 0 Å². The average Bonchev–Trinajstić information content (AvgIpc) is 2.56. The Morgan fingerprint density at radius 1 is 1.27 bits per heavy atom. The Morgan fingerprint density at radius 2 is 2.07 bits per heavy atom. The molecule has 1 aromatic heterocycles. The largest absolute Gasteiger partial charge is 0.140 e. The fourth-order valence-electron chi connectivity index (χ4n) is 1.98. The van der Waals surface area contributed by atoms with Crippen molar-refractivity contribution < 1.29 is 0 Å². The van der Waals surface area contributed by atoms with Crippen LogP contribution in [-0.4, -0.2) is 0 Å². The third-order valence-electron chi connectivity index (χ3n) is 2.66. The van der Waals surface area contributed by atoms with Gasteiger partial charge < -0.3 is 0 Å². The first-order chi connectivity index (χ1) is 7.26. The lowest BCUT2D eigenvalue weighted by Crippen LogP contribution is -1.86. The summed E-state index contributed by atoms with van der Waals surface area (Å²) in [6.07, 6.45) is 3.60. The second-order valence-electron chi connectivity index (χ2n) is 3.75. The van der Waals surface area contributed by atoms with Crippen LogP contribution in [0.4, 0.5) is 0 Å². The lowest BCUT2D eigenvalue weighted by molar-refractivity contribution is 0.917. The van der Waals surface area contributed by atoms with Gasteiger partial charge in [0.15, 0.2) is 0 Å². The van der Waals surface area contributed by atoms with E-state index in [0.717, 1.165) is 6.42 Å². The second-order valence-corrected chi connectivity index (χ2v) is 5.80. The van der Waals surface area contributed by atoms with E-state index in [0.29, 0.717) is 0 Å². The highest BCUT2D eigenvalue weighted by molar-refractivity contribution is 9.10. The average molecular weight is 283 g/mol. The maximum absolute atomic E-state index is 3.53. The van der Waals surface area contributed by atoms with Crippen molar-refractivity contribution in [2.24, 2.45) is 0 Å². The fraction of sp³-hybridized carbons (Fsp3) is 0.385. The zero-order valence-electron chi connectivity index (χ0n) is 9.14. The van der Waals surface area contributed by atoms with Crippen LogP contribution >= 0.6 is 27.3 Å². The first kappa shape index (κ1) is 11.2. The van der Waals surface area contributed by atoms with E-state index in [1.165, 1.54) is 27.4 Å². The Balaban J connectivity index is 2.63. The minimum absolute atomic E-state index is 1.16. The summed E-state index contributed by atoms with van der Waals surface area (Å²) in [5.74, 6) is 0. The van der Waals surface area contributed by atoms with Crippen LogP contribution in [-0.2, 0) is 12.8 Å². The lowest BCUT2D eigenvalue weighted by Gasteiger charge is -2.00. The van der Waals surface area contributed by atoms with Crippen LogP contribution in [0.5, 0.6) is 0 Å². The van der Waals surface area contributed by atoms with Gasteiger partial charge in [0, 0.05) is 14.0 Å². The van der Waals surface area contributed by atoms with Crippen molar-refractivity contribution in [3.05, 3.63) is 33.1 Å². The molecule has 0 saturated carbocycles. The summed E-state index contributed by atoms with van der Waals surface area (Å²) in [6.45, 7) is 4.50. The molecule has 1 aromatic carbocycles. The first-order valence-corrected chi connectivity index (χ1v) is 7.07. The lowest BCUT2D eigenvalue weighted by atomic mass is 10.1. The summed E-state index contributed by atoms with van der Waals surface area (Å²) in [5.41, 5.74) is 1.58. The standard InChI is InChI=1S/C13H15BrS/c1-3-5-10-11-7-6-9(14)8-13(11)15-12(10)4-2/h6-8H,3-5H2,1-2H3. The third-order valence-corrected chi connectivity index (χ3v) is 4.49. The molecule has 0 aliphatic heterocycles. The number of benzene rings is 1. The van der Waals surface area contributed by atoms with E-state index in [1.54, 1.807) is 10.4 Å². The van der Waals surface area contributed by atoms with Gasteiger partial charge in [-0.1, -0.05) is 42.3 Å². The number of halogens is 1. The minimum Gasteiger partial charge on any atom is -0.140 e. The Kier molecular flexibility index (Phi) is 3.47. The topological polar surface area (TPSA) is 0 Å². The molecule has 0 spiro atoms. The van der Waals surface area contributed by atoms with Gasteiger partial charge in [-0.25, -0.2) is 0 Å². The normalized spacial score (nSPS) is 11.1. The summed E-state index contributed by atoms with van der Waals surface area (Å²) in [6, 6.07) is 6.63. The fourth-order valence-corrected chi connectivity index (χ4v) is 3.73. The molecule has 1 heterocycles. The molecule has 15 heavy (non-hydrogen) atoms. The zero-order valence-corrected chi connectivity index (χ0v) is 11.5. The van der Waals surface area contributed by atoms with Crippen LogP contribution in [0.3, 0.4) is 0 Å². The summed E-state index contributed by atoms with van der Waals surface area (Å²) in [5, 5.41) is 1.46. The molecule has 0 radical (unpaired) electrons. The van der Waals surface area contributed by atoms with Gasteiger partial charge in [0.2, 0.25) is 0 Å². The Labute approximate surface area is 103 Å². The van der Waals surface area contributed by atoms with Crippen molar-refractivity contribution >= 4 is 37.4 Å². The molecule has 0 aliphatic rings. The van der Waals surface area contributed by atoms with Gasteiger partial charge in [-0.15, -0.1) is 11.3 Å². The maximum atomic E-state index is 3.53. The maximum Gasteiger partial charge on any atom is 0.0359 e. The Bertz CT molecular complexity index is 471. The van der Waals surface area contributed by atoms with Crippen molar-refractivity contribution in [2.75, 3.05) is 0 Å². The molecule has 0 fully saturated rings. The predicted molar refractivity (Wildman–Crippen MR) is 72.9 cm³/mol. The van der Waals surface area contributed by atoms with Crippen LogP contribution in [0.1, 0.15) is 30.7 Å². The molecule has 2 rings (SSSR count). The number of fused-ring (bicyclic) bond motifs is 1. The van der Waals surface area contributed by atoms with Gasteiger partial charge >= 0.3 is 0 Å². The molecule has 0 unspecified atom stereocenters. The highest BCUT2D eigenvalue weighted by Gasteiger charge is 2.09. The van der Waals surface area contributed by atoms with E-state index in [4.69, 9.17) is 0 Å². The molecule has 0 saturated heterocycles. The van der Waals surface area contributed by atoms with Crippen molar-refractivity contribution in [1.29, 1.82) is 0 Å². The van der Waals surface area contributed by atoms with E-state index in [-0.39, 0.29) is 0 Å². The smallest absolute Gasteiger partial charge is 0.0359 e. The van der Waals surface area contributed by atoms with Crippen LogP contribution in [0.15, 0.2) is 22.7 Å². The van der Waals surface area contributed by atoms with Crippen molar-refractivity contribution in [3.63, 3.8) is 0 Å². The molecule has 0 nitrogen and oxygen atoms in total. The predicted octanol–water partition coefficient (Wildman–Crippen LogP) is 5.18. The van der Waals surface area contributed by atoms with E-state index in [1.807, 2.05) is 11.3 Å². The van der Waals surface area contributed by atoms with Crippen molar-refractivity contribution in [2.45, 2.75) is 33.1 Å². The molecule has 0 bridgehead atoms. The van der Waals surface area contributed by atoms with E-state index in [2.05, 4.69) is 48.0 Å². The molecule has 0 amide bonds. The molecule has 2 aromatic rings. The van der Waals surface area contributed by atoms with Crippen LogP contribution < -0.4 is 0 Å². The summed E-state index contributed by atoms with van der Waals surface area (Å²) < 4.78 is 2.60. The highest BCUT2D eigenvalue weighted by atomic mass is 79.9. The van der Waals surface area contributed by atoms with Gasteiger partial charge in [-0.05, 0) is 35.9 Å². The number of rotatable bonds is 3. The SMILES string of the molecule is CCCc1c(CC)sc2cc(Br)ccc12. The molecule has 80 valence electrons. The minimum atomic E-state index is 1.16. The summed E-state index contributed by atoms with van der Waals surface area (Å²) in [4.78, 5) is 1.56. The van der Waals surface area contributed by atoms with Crippen LogP contribution in [0.2, 0.25) is 0 Å². The van der Waals surface area contributed by atoms with Gasteiger partial charge in [-0.3, -0.25) is 0 Å². The van der Waals surface area contributed by atoms with Gasteiger partial charge in [0.25, 0.3) is 0 Å². The highest BCUT2D eigenvalue weighted by Crippen LogP contribution is 2.34. The molecule has 2 heteroatoms. The summed E-state index contributed by atoms with van der Waals surface area (Å²) >= 11 is 5.48. The number of hydrogen-bond donors (Lipinski definition) is 0. The zero-order chi connectivity index (χ0) is 10.8.